The molecule has 3 rings (SSSR count). The van der Waals surface area contributed by atoms with Gasteiger partial charge in [-0.05, 0) is 44.9 Å². The van der Waals surface area contributed by atoms with Crippen LogP contribution < -0.4 is 26.0 Å². The summed E-state index contributed by atoms with van der Waals surface area (Å²) in [6.45, 7) is 4.52. The Balaban J connectivity index is 1.75. The molecular formula is C26H32F4N4O6. The number of ketones is 1. The summed E-state index contributed by atoms with van der Waals surface area (Å²) in [5.74, 6) is -13.6. The molecule has 0 radical (unpaired) electrons. The Morgan fingerprint density at radius 3 is 2.17 bits per heavy atom. The predicted octanol–water partition coefficient (Wildman–Crippen LogP) is 1.40. The average molecular weight is 573 g/mol. The van der Waals surface area contributed by atoms with Crippen molar-refractivity contribution in [1.29, 1.82) is 0 Å². The van der Waals surface area contributed by atoms with E-state index >= 15 is 0 Å². The molecule has 4 amide bonds. The van der Waals surface area contributed by atoms with E-state index in [1.165, 1.54) is 0 Å². The lowest BCUT2D eigenvalue weighted by atomic mass is 9.95. The van der Waals surface area contributed by atoms with Gasteiger partial charge in [-0.25, -0.2) is 8.78 Å². The number of nitrogens with one attached hydrogen (secondary N) is 4. The maximum atomic E-state index is 14.0. The zero-order chi connectivity index (χ0) is 29.8. The zero-order valence-corrected chi connectivity index (χ0v) is 22.3. The number of hydrogen-bond donors (Lipinski definition) is 4. The number of benzene rings is 1. The third-order valence-electron chi connectivity index (χ3n) is 6.77. The minimum Gasteiger partial charge on any atom is -0.479 e. The minimum absolute atomic E-state index is 0.0184. The molecule has 1 aliphatic heterocycles. The first-order valence-electron chi connectivity index (χ1n) is 12.9. The zero-order valence-electron chi connectivity index (χ0n) is 22.3. The standard InChI is InChI=1S/C26H32F4N4O6/c1-12(2)8-17(33-24(38)25(39)34-26(3)5-6-26)23(37)32-16(9-13-4-7-31-22(13)36)18(35)11-40-21-19(29)14(27)10-15(28)20(21)30/h10,12-13,16-17H,4-9,11H2,1-3H3,(H,31,36)(H,32,37)(H,33,38)(H,34,39)/t13-,16-,17-/m0/s1. The van der Waals surface area contributed by atoms with Crippen LogP contribution in [0.2, 0.25) is 0 Å². The van der Waals surface area contributed by atoms with E-state index in [0.29, 0.717) is 25.8 Å². The lowest BCUT2D eigenvalue weighted by Crippen LogP contribution is -2.56. The summed E-state index contributed by atoms with van der Waals surface area (Å²) in [4.78, 5) is 63.1. The van der Waals surface area contributed by atoms with Gasteiger partial charge in [0.15, 0.2) is 23.2 Å². The van der Waals surface area contributed by atoms with Gasteiger partial charge in [0.2, 0.25) is 23.4 Å². The van der Waals surface area contributed by atoms with Crippen LogP contribution in [0.3, 0.4) is 0 Å². The summed E-state index contributed by atoms with van der Waals surface area (Å²) in [7, 11) is 0. The van der Waals surface area contributed by atoms with E-state index in [4.69, 9.17) is 4.74 Å². The van der Waals surface area contributed by atoms with Crippen LogP contribution in [0.5, 0.6) is 5.75 Å². The van der Waals surface area contributed by atoms with Gasteiger partial charge in [0, 0.05) is 24.1 Å². The topological polar surface area (TPSA) is 143 Å². The second-order valence-corrected chi connectivity index (χ2v) is 10.8. The fourth-order valence-electron chi connectivity index (χ4n) is 4.19. The number of rotatable bonds is 12. The molecule has 2 aliphatic rings. The van der Waals surface area contributed by atoms with Gasteiger partial charge >= 0.3 is 11.8 Å². The van der Waals surface area contributed by atoms with Crippen molar-refractivity contribution in [1.82, 2.24) is 21.3 Å². The molecule has 14 heteroatoms. The first-order valence-corrected chi connectivity index (χ1v) is 12.9. The van der Waals surface area contributed by atoms with E-state index in [9.17, 15) is 41.5 Å². The molecule has 3 atom stereocenters. The highest BCUT2D eigenvalue weighted by Crippen LogP contribution is 2.34. The molecule has 1 aromatic carbocycles. The highest BCUT2D eigenvalue weighted by atomic mass is 19.2. The van der Waals surface area contributed by atoms with Crippen LogP contribution in [0.25, 0.3) is 0 Å². The number of halogens is 4. The highest BCUT2D eigenvalue weighted by Gasteiger charge is 2.41. The predicted molar refractivity (Wildman–Crippen MR) is 132 cm³/mol. The molecule has 0 spiro atoms. The number of amides is 4. The van der Waals surface area contributed by atoms with Crippen LogP contribution >= 0.6 is 0 Å². The summed E-state index contributed by atoms with van der Waals surface area (Å²) in [6, 6.07) is -2.70. The van der Waals surface area contributed by atoms with Gasteiger partial charge in [-0.15, -0.1) is 0 Å². The van der Waals surface area contributed by atoms with Crippen LogP contribution in [0.1, 0.15) is 52.9 Å². The number of Topliss-reactive ketones (excluding diaryl/α,β-unsaturated/α-hetero) is 1. The molecule has 220 valence electrons. The largest absolute Gasteiger partial charge is 0.479 e. The van der Waals surface area contributed by atoms with E-state index in [2.05, 4.69) is 21.3 Å². The first kappa shape index (κ1) is 30.8. The van der Waals surface area contributed by atoms with Crippen molar-refractivity contribution in [2.24, 2.45) is 11.8 Å². The van der Waals surface area contributed by atoms with Crippen molar-refractivity contribution in [2.45, 2.75) is 70.5 Å². The van der Waals surface area contributed by atoms with Crippen molar-refractivity contribution < 1.29 is 46.3 Å². The van der Waals surface area contributed by atoms with E-state index in [-0.39, 0.29) is 30.7 Å². The second kappa shape index (κ2) is 12.6. The molecule has 4 N–H and O–H groups in total. The van der Waals surface area contributed by atoms with E-state index in [1.807, 2.05) is 0 Å². The maximum Gasteiger partial charge on any atom is 0.309 e. The Kier molecular flexibility index (Phi) is 9.74. The fraction of sp³-hybridized carbons (Fsp3) is 0.577. The summed E-state index contributed by atoms with van der Waals surface area (Å²) in [5.41, 5.74) is -0.479. The maximum absolute atomic E-state index is 14.0. The molecule has 2 fully saturated rings. The number of hydrogen-bond acceptors (Lipinski definition) is 6. The first-order chi connectivity index (χ1) is 18.7. The molecule has 40 heavy (non-hydrogen) atoms. The number of carbonyl (C=O) groups excluding carboxylic acids is 5. The van der Waals surface area contributed by atoms with Crippen LogP contribution in [-0.4, -0.2) is 60.2 Å². The molecule has 1 saturated carbocycles. The van der Waals surface area contributed by atoms with Gasteiger partial charge in [0.05, 0.1) is 6.04 Å². The van der Waals surface area contributed by atoms with Gasteiger partial charge in [-0.2, -0.15) is 8.78 Å². The fourth-order valence-corrected chi connectivity index (χ4v) is 4.19. The SMILES string of the molecule is CC(C)C[C@H](NC(=O)C(=O)NC1(C)CC1)C(=O)N[C@@H](C[C@@H]1CCNC1=O)C(=O)COc1c(F)c(F)cc(F)c1F. The van der Waals surface area contributed by atoms with E-state index in [0.717, 1.165) is 0 Å². The summed E-state index contributed by atoms with van der Waals surface area (Å²) in [5, 5.41) is 9.96. The smallest absolute Gasteiger partial charge is 0.309 e. The average Bonchev–Trinajstić information content (AvgIpc) is 3.46. The monoisotopic (exact) mass is 572 g/mol. The molecule has 10 nitrogen and oxygen atoms in total. The molecule has 1 saturated heterocycles. The lowest BCUT2D eigenvalue weighted by molar-refractivity contribution is -0.141. The summed E-state index contributed by atoms with van der Waals surface area (Å²) >= 11 is 0. The Morgan fingerprint density at radius 2 is 1.65 bits per heavy atom. The second-order valence-electron chi connectivity index (χ2n) is 10.8. The summed E-state index contributed by atoms with van der Waals surface area (Å²) < 4.78 is 59.8. The third kappa shape index (κ3) is 7.92. The van der Waals surface area contributed by atoms with Crippen molar-refractivity contribution in [2.75, 3.05) is 13.2 Å². The van der Waals surface area contributed by atoms with Gasteiger partial charge in [-0.3, -0.25) is 24.0 Å². The molecular weight excluding hydrogens is 540 g/mol. The molecule has 1 aromatic rings. The van der Waals surface area contributed by atoms with Crippen LogP contribution in [0, 0.1) is 35.1 Å². The molecule has 1 heterocycles. The van der Waals surface area contributed by atoms with Crippen LogP contribution in [-0.2, 0) is 24.0 Å². The third-order valence-corrected chi connectivity index (χ3v) is 6.77. The van der Waals surface area contributed by atoms with Crippen LogP contribution in [0.4, 0.5) is 17.6 Å². The molecule has 0 aromatic heterocycles. The molecule has 0 unspecified atom stereocenters. The van der Waals surface area contributed by atoms with E-state index in [1.54, 1.807) is 20.8 Å². The van der Waals surface area contributed by atoms with Gasteiger partial charge in [0.25, 0.3) is 0 Å². The van der Waals surface area contributed by atoms with Crippen molar-refractivity contribution in [3.8, 4) is 5.75 Å². The van der Waals surface area contributed by atoms with Gasteiger partial charge in [-0.1, -0.05) is 13.8 Å². The van der Waals surface area contributed by atoms with Crippen molar-refractivity contribution in [3.05, 3.63) is 29.3 Å². The Hall–Kier alpha value is -3.71. The highest BCUT2D eigenvalue weighted by molar-refractivity contribution is 6.35. The number of ether oxygens (including phenoxy) is 1. The Bertz CT molecular complexity index is 1160. The molecule has 0 bridgehead atoms. The Labute approximate surface area is 228 Å². The quantitative estimate of drug-likeness (QED) is 0.170. The van der Waals surface area contributed by atoms with Gasteiger partial charge in [0.1, 0.15) is 12.6 Å². The lowest BCUT2D eigenvalue weighted by Gasteiger charge is -2.25. The normalized spacial score (nSPS) is 18.9. The van der Waals surface area contributed by atoms with Crippen LogP contribution in [0.15, 0.2) is 6.07 Å². The van der Waals surface area contributed by atoms with Crippen molar-refractivity contribution in [3.63, 3.8) is 0 Å². The van der Waals surface area contributed by atoms with E-state index < -0.39 is 82.7 Å². The summed E-state index contributed by atoms with van der Waals surface area (Å²) in [6.07, 6.45) is 1.62. The van der Waals surface area contributed by atoms with Gasteiger partial charge < -0.3 is 26.0 Å². The number of carbonyl (C=O) groups is 5. The Morgan fingerprint density at radius 1 is 1.02 bits per heavy atom. The minimum atomic E-state index is -1.85. The molecule has 1 aliphatic carbocycles. The van der Waals surface area contributed by atoms with Crippen molar-refractivity contribution >= 4 is 29.4 Å².